The second kappa shape index (κ2) is 7.00. The van der Waals surface area contributed by atoms with Crippen LogP contribution >= 0.6 is 33.2 Å². The third-order valence-corrected chi connectivity index (χ3v) is 6.07. The monoisotopic (exact) mass is 310 g/mol. The third kappa shape index (κ3) is 4.45. The van der Waals surface area contributed by atoms with Crippen LogP contribution in [0, 0.1) is 0 Å². The lowest BCUT2D eigenvalue weighted by Crippen LogP contribution is -2.18. The van der Waals surface area contributed by atoms with E-state index in [0.717, 1.165) is 35.6 Å². The van der Waals surface area contributed by atoms with E-state index in [2.05, 4.69) is 6.58 Å². The first-order valence-corrected chi connectivity index (χ1v) is 10.7. The molecular formula is C12H17Cl3OSi. The minimum absolute atomic E-state index is 0.573. The number of halogens is 3. The van der Waals surface area contributed by atoms with Gasteiger partial charge in [-0.2, -0.15) is 0 Å². The summed E-state index contributed by atoms with van der Waals surface area (Å²) in [6.45, 7) is 6.90. The van der Waals surface area contributed by atoms with Crippen molar-refractivity contribution in [1.29, 1.82) is 0 Å². The van der Waals surface area contributed by atoms with Gasteiger partial charge in [0.25, 0.3) is 0 Å². The Labute approximate surface area is 118 Å². The van der Waals surface area contributed by atoms with Gasteiger partial charge in [-0.25, -0.2) is 0 Å². The molecule has 1 aliphatic heterocycles. The summed E-state index contributed by atoms with van der Waals surface area (Å²) >= 11 is 18.6. The van der Waals surface area contributed by atoms with E-state index in [1.54, 1.807) is 0 Å². The maximum Gasteiger partial charge on any atom is 0.369 e. The number of rotatable bonds is 5. The van der Waals surface area contributed by atoms with Crippen molar-refractivity contribution in [1.82, 2.24) is 0 Å². The van der Waals surface area contributed by atoms with Crippen LogP contribution in [-0.2, 0) is 4.74 Å². The summed E-state index contributed by atoms with van der Waals surface area (Å²) < 4.78 is 5.44. The molecule has 0 saturated carbocycles. The van der Waals surface area contributed by atoms with E-state index in [9.17, 15) is 0 Å². The minimum Gasteiger partial charge on any atom is -0.372 e. The van der Waals surface area contributed by atoms with Gasteiger partial charge >= 0.3 is 6.00 Å². The lowest BCUT2D eigenvalue weighted by molar-refractivity contribution is 0.214. The zero-order valence-corrected chi connectivity index (χ0v) is 13.2. The average Bonchev–Trinajstić information content (AvgIpc) is 2.70. The van der Waals surface area contributed by atoms with Crippen molar-refractivity contribution in [3.63, 3.8) is 0 Å². The van der Waals surface area contributed by atoms with E-state index < -0.39 is 6.00 Å². The summed E-state index contributed by atoms with van der Waals surface area (Å²) in [6, 6.07) is -2.82. The van der Waals surface area contributed by atoms with Gasteiger partial charge in [0.05, 0.1) is 13.2 Å². The van der Waals surface area contributed by atoms with E-state index in [1.807, 2.05) is 19.1 Å². The number of hydrogen-bond donors (Lipinski definition) is 0. The SMILES string of the molecule is C=CCCC/C(=C1\COC\C1=C\C)[Si](Cl)(Cl)Cl. The first-order valence-electron chi connectivity index (χ1n) is 5.64. The molecule has 5 heteroatoms. The van der Waals surface area contributed by atoms with Gasteiger partial charge in [0, 0.05) is 0 Å². The Balaban J connectivity index is 2.96. The van der Waals surface area contributed by atoms with Gasteiger partial charge in [0.1, 0.15) is 0 Å². The largest absolute Gasteiger partial charge is 0.372 e. The molecule has 0 amide bonds. The molecule has 0 N–H and O–H groups in total. The number of unbranched alkanes of at least 4 members (excludes halogenated alkanes) is 1. The maximum atomic E-state index is 6.18. The van der Waals surface area contributed by atoms with Crippen molar-refractivity contribution in [2.24, 2.45) is 0 Å². The molecule has 0 aliphatic carbocycles. The Morgan fingerprint density at radius 2 is 2.12 bits per heavy atom. The van der Waals surface area contributed by atoms with Gasteiger partial charge in [-0.05, 0) is 42.5 Å². The summed E-state index contributed by atoms with van der Waals surface area (Å²) in [5, 5.41) is 0.995. The molecule has 0 spiro atoms. The van der Waals surface area contributed by atoms with Crippen molar-refractivity contribution in [3.05, 3.63) is 35.1 Å². The predicted molar refractivity (Wildman–Crippen MR) is 79.0 cm³/mol. The summed E-state index contributed by atoms with van der Waals surface area (Å²) in [5.74, 6) is 0. The predicted octanol–water partition coefficient (Wildman–Crippen LogP) is 4.81. The number of ether oxygens (including phenoxy) is 1. The lowest BCUT2D eigenvalue weighted by Gasteiger charge is -2.17. The third-order valence-electron chi connectivity index (χ3n) is 2.78. The highest BCUT2D eigenvalue weighted by Crippen LogP contribution is 2.38. The van der Waals surface area contributed by atoms with Gasteiger partial charge in [0.2, 0.25) is 0 Å². The van der Waals surface area contributed by atoms with Crippen LogP contribution in [0.3, 0.4) is 0 Å². The van der Waals surface area contributed by atoms with E-state index in [-0.39, 0.29) is 0 Å². The average molecular weight is 312 g/mol. The molecule has 0 bridgehead atoms. The molecule has 1 fully saturated rings. The molecule has 96 valence electrons. The van der Waals surface area contributed by atoms with Crippen LogP contribution in [0.1, 0.15) is 26.2 Å². The van der Waals surface area contributed by atoms with Crippen molar-refractivity contribution < 1.29 is 4.74 Å². The zero-order chi connectivity index (χ0) is 12.9. The second-order valence-corrected chi connectivity index (χ2v) is 12.4. The Morgan fingerprint density at radius 3 is 2.65 bits per heavy atom. The van der Waals surface area contributed by atoms with E-state index in [4.69, 9.17) is 38.0 Å². The molecule has 0 radical (unpaired) electrons. The van der Waals surface area contributed by atoms with Gasteiger partial charge < -0.3 is 4.74 Å². The highest BCUT2D eigenvalue weighted by atomic mass is 35.8. The Hall–Kier alpha value is 0.267. The van der Waals surface area contributed by atoms with Crippen molar-refractivity contribution in [3.8, 4) is 0 Å². The fraction of sp³-hybridized carbons (Fsp3) is 0.500. The molecule has 1 saturated heterocycles. The highest BCUT2D eigenvalue weighted by molar-refractivity contribution is 7.67. The molecule has 0 unspecified atom stereocenters. The second-order valence-electron chi connectivity index (χ2n) is 3.94. The molecule has 1 heterocycles. The van der Waals surface area contributed by atoms with Crippen LogP contribution < -0.4 is 0 Å². The molecule has 1 aliphatic rings. The molecule has 17 heavy (non-hydrogen) atoms. The Bertz CT molecular complexity index is 342. The summed E-state index contributed by atoms with van der Waals surface area (Å²) in [6.07, 6.45) is 6.67. The first kappa shape index (κ1) is 15.3. The molecule has 0 aromatic heterocycles. The zero-order valence-electron chi connectivity index (χ0n) is 9.94. The highest BCUT2D eigenvalue weighted by Gasteiger charge is 2.35. The van der Waals surface area contributed by atoms with Gasteiger partial charge in [-0.1, -0.05) is 12.2 Å². The van der Waals surface area contributed by atoms with Gasteiger partial charge in [0.15, 0.2) is 0 Å². The fourth-order valence-corrected chi connectivity index (χ4v) is 4.78. The molecule has 1 nitrogen and oxygen atoms in total. The Morgan fingerprint density at radius 1 is 1.41 bits per heavy atom. The van der Waals surface area contributed by atoms with Gasteiger partial charge in [-0.15, -0.1) is 39.8 Å². The quantitative estimate of drug-likeness (QED) is 0.306. The fourth-order valence-electron chi connectivity index (χ4n) is 1.87. The van der Waals surface area contributed by atoms with Crippen LogP contribution in [0.5, 0.6) is 0 Å². The lowest BCUT2D eigenvalue weighted by atomic mass is 10.1. The van der Waals surface area contributed by atoms with Gasteiger partial charge in [-0.3, -0.25) is 0 Å². The molecule has 0 aromatic rings. The number of allylic oxidation sites excluding steroid dienone is 3. The molecule has 0 atom stereocenters. The van der Waals surface area contributed by atoms with Crippen molar-refractivity contribution in [2.45, 2.75) is 26.2 Å². The molecular weight excluding hydrogens is 295 g/mol. The van der Waals surface area contributed by atoms with Crippen LogP contribution in [0.4, 0.5) is 0 Å². The Kier molecular flexibility index (Phi) is 6.31. The van der Waals surface area contributed by atoms with E-state index in [1.165, 1.54) is 0 Å². The van der Waals surface area contributed by atoms with Crippen molar-refractivity contribution >= 4 is 39.2 Å². The molecule has 1 rings (SSSR count). The van der Waals surface area contributed by atoms with Crippen LogP contribution in [0.2, 0.25) is 0 Å². The summed E-state index contributed by atoms with van der Waals surface area (Å²) in [7, 11) is 0. The number of hydrogen-bond acceptors (Lipinski definition) is 1. The molecule has 0 aromatic carbocycles. The van der Waals surface area contributed by atoms with E-state index >= 15 is 0 Å². The van der Waals surface area contributed by atoms with E-state index in [0.29, 0.717) is 13.2 Å². The maximum absolute atomic E-state index is 6.18. The smallest absolute Gasteiger partial charge is 0.369 e. The van der Waals surface area contributed by atoms with Crippen LogP contribution in [0.25, 0.3) is 0 Å². The topological polar surface area (TPSA) is 9.23 Å². The normalized spacial score (nSPS) is 22.0. The first-order chi connectivity index (χ1) is 8.00. The van der Waals surface area contributed by atoms with Crippen molar-refractivity contribution in [2.75, 3.05) is 13.2 Å². The van der Waals surface area contributed by atoms with Crippen LogP contribution in [0.15, 0.2) is 35.1 Å². The minimum atomic E-state index is -2.82. The van der Waals surface area contributed by atoms with Crippen LogP contribution in [-0.4, -0.2) is 19.2 Å². The standard InChI is InChI=1S/C12H17Cl3OSi/c1-3-5-6-7-12(17(13,14)15)11-9-16-8-10(11)4-2/h3-4H,1,5-9H2,2H3/b10-4-,12-11-. The summed E-state index contributed by atoms with van der Waals surface area (Å²) in [4.78, 5) is 0. The summed E-state index contributed by atoms with van der Waals surface area (Å²) in [5.41, 5.74) is 2.28.